The first-order valence-electron chi connectivity index (χ1n) is 6.38. The van der Waals surface area contributed by atoms with Gasteiger partial charge in [-0.2, -0.15) is 0 Å². The van der Waals surface area contributed by atoms with Crippen LogP contribution >= 0.6 is 0 Å². The second-order valence-electron chi connectivity index (χ2n) is 4.93. The molecule has 0 N–H and O–H groups in total. The van der Waals surface area contributed by atoms with Gasteiger partial charge in [0.1, 0.15) is 0 Å². The van der Waals surface area contributed by atoms with E-state index in [0.717, 1.165) is 11.1 Å². The van der Waals surface area contributed by atoms with Crippen LogP contribution < -0.4 is 0 Å². The first-order valence-corrected chi connectivity index (χ1v) is 6.38. The van der Waals surface area contributed by atoms with Crippen molar-refractivity contribution in [3.8, 4) is 11.1 Å². The Bertz CT molecular complexity index is 632. The molecule has 3 rings (SSSR count). The maximum atomic E-state index is 12.9. The van der Waals surface area contributed by atoms with Crippen LogP contribution in [0, 0.1) is 0 Å². The summed E-state index contributed by atoms with van der Waals surface area (Å²) in [5.41, 5.74) is 2.14. The summed E-state index contributed by atoms with van der Waals surface area (Å²) in [6.07, 6.45) is 0. The molecule has 0 aromatic heterocycles. The van der Waals surface area contributed by atoms with E-state index in [2.05, 4.69) is 0 Å². The zero-order valence-electron chi connectivity index (χ0n) is 10.7. The molecule has 0 radical (unpaired) electrons. The van der Waals surface area contributed by atoms with Gasteiger partial charge in [0, 0.05) is 5.56 Å². The molecule has 0 aliphatic carbocycles. The summed E-state index contributed by atoms with van der Waals surface area (Å²) in [5, 5.41) is 0. The highest BCUT2D eigenvalue weighted by Gasteiger charge is 2.46. The average Bonchev–Trinajstić information content (AvgIpc) is 2.45. The zero-order valence-corrected chi connectivity index (χ0v) is 10.7. The monoisotopic (exact) mass is 273 g/mol. The van der Waals surface area contributed by atoms with Crippen molar-refractivity contribution in [3.63, 3.8) is 0 Å². The molecule has 1 saturated heterocycles. The number of alkyl halides is 2. The molecule has 0 atom stereocenters. The third-order valence-corrected chi connectivity index (χ3v) is 3.37. The van der Waals surface area contributed by atoms with E-state index < -0.39 is 19.0 Å². The van der Waals surface area contributed by atoms with Gasteiger partial charge in [0.2, 0.25) is 0 Å². The van der Waals surface area contributed by atoms with Crippen molar-refractivity contribution in [2.75, 3.05) is 13.1 Å². The molecule has 2 aromatic carbocycles. The first-order chi connectivity index (χ1) is 9.57. The van der Waals surface area contributed by atoms with E-state index in [1.54, 1.807) is 12.1 Å². The lowest BCUT2D eigenvalue weighted by Crippen LogP contribution is -2.58. The third-order valence-electron chi connectivity index (χ3n) is 3.37. The first kappa shape index (κ1) is 12.8. The van der Waals surface area contributed by atoms with E-state index in [1.807, 2.05) is 42.5 Å². The Morgan fingerprint density at radius 2 is 1.55 bits per heavy atom. The fourth-order valence-electron chi connectivity index (χ4n) is 2.37. The molecule has 2 nitrogen and oxygen atoms in total. The topological polar surface area (TPSA) is 20.3 Å². The normalized spacial score (nSPS) is 16.6. The molecular weight excluding hydrogens is 260 g/mol. The lowest BCUT2D eigenvalue weighted by molar-refractivity contribution is -0.113. The molecule has 2 aromatic rings. The smallest absolute Gasteiger partial charge is 0.282 e. The third kappa shape index (κ3) is 2.29. The maximum absolute atomic E-state index is 12.9. The van der Waals surface area contributed by atoms with Crippen LogP contribution in [0.5, 0.6) is 0 Å². The molecular formula is C16H13F2NO. The highest BCUT2D eigenvalue weighted by Crippen LogP contribution is 2.31. The Kier molecular flexibility index (Phi) is 3.01. The molecule has 0 spiro atoms. The average molecular weight is 273 g/mol. The minimum atomic E-state index is -2.74. The van der Waals surface area contributed by atoms with E-state index in [4.69, 9.17) is 0 Å². The number of carbonyl (C=O) groups excluding carboxylic acids is 1. The zero-order chi connectivity index (χ0) is 14.2. The van der Waals surface area contributed by atoms with E-state index in [0.29, 0.717) is 5.56 Å². The van der Waals surface area contributed by atoms with E-state index >= 15 is 0 Å². The van der Waals surface area contributed by atoms with E-state index in [-0.39, 0.29) is 5.91 Å². The van der Waals surface area contributed by atoms with Crippen molar-refractivity contribution in [3.05, 3.63) is 60.2 Å². The van der Waals surface area contributed by atoms with Crippen molar-refractivity contribution >= 4 is 5.91 Å². The fourth-order valence-corrected chi connectivity index (χ4v) is 2.37. The van der Waals surface area contributed by atoms with E-state index in [9.17, 15) is 13.6 Å². The molecule has 20 heavy (non-hydrogen) atoms. The Morgan fingerprint density at radius 3 is 2.20 bits per heavy atom. The van der Waals surface area contributed by atoms with Crippen LogP contribution in [0.2, 0.25) is 0 Å². The standard InChI is InChI=1S/C16H13F2NO/c17-16(18)10-19(11-16)15(20)14-9-5-4-8-13(14)12-6-2-1-3-7-12/h1-9H,10-11H2. The number of hydrogen-bond donors (Lipinski definition) is 0. The van der Waals surface area contributed by atoms with Gasteiger partial charge in [0.05, 0.1) is 13.1 Å². The molecule has 1 aliphatic rings. The molecule has 1 fully saturated rings. The molecule has 102 valence electrons. The van der Waals surface area contributed by atoms with Crippen molar-refractivity contribution < 1.29 is 13.6 Å². The number of hydrogen-bond acceptors (Lipinski definition) is 1. The largest absolute Gasteiger partial charge is 0.326 e. The van der Waals surface area contributed by atoms with Crippen LogP contribution in [0.1, 0.15) is 10.4 Å². The number of nitrogens with zero attached hydrogens (tertiary/aromatic N) is 1. The van der Waals surface area contributed by atoms with E-state index in [1.165, 1.54) is 4.90 Å². The van der Waals surface area contributed by atoms with Crippen molar-refractivity contribution in [1.82, 2.24) is 4.90 Å². The molecule has 4 heteroatoms. The second-order valence-corrected chi connectivity index (χ2v) is 4.93. The number of halogens is 2. The van der Waals surface area contributed by atoms with Crippen LogP contribution in [0.4, 0.5) is 8.78 Å². The van der Waals surface area contributed by atoms with Gasteiger partial charge in [-0.1, -0.05) is 48.5 Å². The molecule has 0 bridgehead atoms. The van der Waals surface area contributed by atoms with Gasteiger partial charge in [-0.05, 0) is 17.2 Å². The Balaban J connectivity index is 1.93. The van der Waals surface area contributed by atoms with Gasteiger partial charge in [0.25, 0.3) is 11.8 Å². The van der Waals surface area contributed by atoms with Gasteiger partial charge in [-0.3, -0.25) is 4.79 Å². The van der Waals surface area contributed by atoms with Crippen LogP contribution in [0.25, 0.3) is 11.1 Å². The molecule has 1 amide bonds. The number of likely N-dealkylation sites (tertiary alicyclic amines) is 1. The van der Waals surface area contributed by atoms with Crippen molar-refractivity contribution in [2.24, 2.45) is 0 Å². The van der Waals surface area contributed by atoms with Gasteiger partial charge in [-0.15, -0.1) is 0 Å². The summed E-state index contributed by atoms with van der Waals surface area (Å²) in [5.74, 6) is -3.08. The second kappa shape index (κ2) is 4.71. The number of amides is 1. The Morgan fingerprint density at radius 1 is 0.950 bits per heavy atom. The highest BCUT2D eigenvalue weighted by molar-refractivity contribution is 6.01. The van der Waals surface area contributed by atoms with Crippen molar-refractivity contribution in [1.29, 1.82) is 0 Å². The lowest BCUT2D eigenvalue weighted by Gasteiger charge is -2.39. The minimum absolute atomic E-state index is 0.338. The predicted molar refractivity (Wildman–Crippen MR) is 72.7 cm³/mol. The minimum Gasteiger partial charge on any atom is -0.326 e. The van der Waals surface area contributed by atoms with Gasteiger partial charge >= 0.3 is 0 Å². The van der Waals surface area contributed by atoms with Gasteiger partial charge in [0.15, 0.2) is 0 Å². The SMILES string of the molecule is O=C(c1ccccc1-c1ccccc1)N1CC(F)(F)C1. The van der Waals surface area contributed by atoms with Crippen LogP contribution in [-0.4, -0.2) is 29.8 Å². The maximum Gasteiger partial charge on any atom is 0.282 e. The van der Waals surface area contributed by atoms with Gasteiger partial charge < -0.3 is 4.90 Å². The summed E-state index contributed by atoms with van der Waals surface area (Å²) >= 11 is 0. The molecule has 0 saturated carbocycles. The van der Waals surface area contributed by atoms with Crippen LogP contribution in [-0.2, 0) is 0 Å². The molecule has 1 heterocycles. The number of carbonyl (C=O) groups is 1. The van der Waals surface area contributed by atoms with Crippen LogP contribution in [0.3, 0.4) is 0 Å². The molecule has 0 unspecified atom stereocenters. The summed E-state index contributed by atoms with van der Waals surface area (Å²) < 4.78 is 25.8. The number of rotatable bonds is 2. The Labute approximate surface area is 115 Å². The predicted octanol–water partition coefficient (Wildman–Crippen LogP) is 3.44. The quantitative estimate of drug-likeness (QED) is 0.820. The lowest BCUT2D eigenvalue weighted by atomic mass is 9.97. The number of benzene rings is 2. The summed E-state index contributed by atoms with van der Waals surface area (Å²) in [4.78, 5) is 13.5. The fraction of sp³-hybridized carbons (Fsp3) is 0.188. The van der Waals surface area contributed by atoms with Gasteiger partial charge in [-0.25, -0.2) is 8.78 Å². The summed E-state index contributed by atoms with van der Waals surface area (Å²) in [7, 11) is 0. The molecule has 1 aliphatic heterocycles. The van der Waals surface area contributed by atoms with Crippen LogP contribution in [0.15, 0.2) is 54.6 Å². The summed E-state index contributed by atoms with van der Waals surface area (Å²) in [6, 6.07) is 16.6. The Hall–Kier alpha value is -2.23. The highest BCUT2D eigenvalue weighted by atomic mass is 19.3. The van der Waals surface area contributed by atoms with Crippen molar-refractivity contribution in [2.45, 2.75) is 5.92 Å². The summed E-state index contributed by atoms with van der Waals surface area (Å²) in [6.45, 7) is -0.982.